The van der Waals surface area contributed by atoms with Crippen LogP contribution in [0.15, 0.2) is 54.6 Å². The van der Waals surface area contributed by atoms with Crippen LogP contribution in [-0.4, -0.2) is 37.7 Å². The highest BCUT2D eigenvalue weighted by atomic mass is 16.5. The first-order chi connectivity index (χ1) is 13.7. The van der Waals surface area contributed by atoms with E-state index in [-0.39, 0.29) is 5.54 Å². The van der Waals surface area contributed by atoms with Crippen LogP contribution in [0.25, 0.3) is 0 Å². The number of hydrogen-bond acceptors (Lipinski definition) is 3. The predicted molar refractivity (Wildman–Crippen MR) is 115 cm³/mol. The van der Waals surface area contributed by atoms with Gasteiger partial charge in [0.25, 0.3) is 0 Å². The zero-order valence-corrected chi connectivity index (χ0v) is 17.2. The second kappa shape index (κ2) is 7.11. The van der Waals surface area contributed by atoms with Gasteiger partial charge in [-0.15, -0.1) is 0 Å². The van der Waals surface area contributed by atoms with Gasteiger partial charge >= 0.3 is 0 Å². The fourth-order valence-electron chi connectivity index (χ4n) is 6.23. The smallest absolute Gasteiger partial charge is 0.119 e. The standard InChI is InChI=1S/C25H32N2O/c1-3-28-22-11-7-8-20(18-22)25(23-16-19(2)17-24(23)25)27-14-12-26(13-15-27)21-9-5-4-6-10-21/h4-11,18-19,23-24H,3,12-17H2,1-2H3/t19?,23-,24+,25?. The molecule has 0 aromatic heterocycles. The van der Waals surface area contributed by atoms with E-state index in [1.807, 2.05) is 0 Å². The van der Waals surface area contributed by atoms with Crippen molar-refractivity contribution in [2.24, 2.45) is 17.8 Å². The van der Waals surface area contributed by atoms with E-state index >= 15 is 0 Å². The van der Waals surface area contributed by atoms with E-state index < -0.39 is 0 Å². The van der Waals surface area contributed by atoms with Gasteiger partial charge in [0.2, 0.25) is 0 Å². The third-order valence-electron chi connectivity index (χ3n) is 7.35. The number of fused-ring (bicyclic) bond motifs is 1. The number of para-hydroxylation sites is 1. The second-order valence-electron chi connectivity index (χ2n) is 8.89. The number of ether oxygens (including phenoxy) is 1. The van der Waals surface area contributed by atoms with Gasteiger partial charge < -0.3 is 9.64 Å². The highest BCUT2D eigenvalue weighted by Gasteiger charge is 2.70. The molecule has 2 aromatic carbocycles. The van der Waals surface area contributed by atoms with Crippen LogP contribution in [-0.2, 0) is 5.54 Å². The summed E-state index contributed by atoms with van der Waals surface area (Å²) in [5.41, 5.74) is 3.11. The molecule has 1 saturated heterocycles. The van der Waals surface area contributed by atoms with Crippen molar-refractivity contribution in [2.45, 2.75) is 32.2 Å². The van der Waals surface area contributed by atoms with E-state index in [1.54, 1.807) is 0 Å². The molecule has 3 fully saturated rings. The minimum atomic E-state index is 0.252. The Morgan fingerprint density at radius 3 is 2.32 bits per heavy atom. The maximum atomic E-state index is 5.85. The van der Waals surface area contributed by atoms with Crippen LogP contribution in [0, 0.1) is 17.8 Å². The molecule has 2 saturated carbocycles. The number of anilines is 1. The first kappa shape index (κ1) is 18.1. The van der Waals surface area contributed by atoms with Crippen LogP contribution >= 0.6 is 0 Å². The molecular formula is C25H32N2O. The summed E-state index contributed by atoms with van der Waals surface area (Å²) >= 11 is 0. The lowest BCUT2D eigenvalue weighted by Gasteiger charge is -2.43. The summed E-state index contributed by atoms with van der Waals surface area (Å²) in [6.07, 6.45) is 2.75. The van der Waals surface area contributed by atoms with Gasteiger partial charge in [0, 0.05) is 31.9 Å². The van der Waals surface area contributed by atoms with Gasteiger partial charge in [0.1, 0.15) is 5.75 Å². The lowest BCUT2D eigenvalue weighted by Crippen LogP contribution is -2.52. The summed E-state index contributed by atoms with van der Waals surface area (Å²) < 4.78 is 5.85. The van der Waals surface area contributed by atoms with E-state index in [9.17, 15) is 0 Å². The lowest BCUT2D eigenvalue weighted by molar-refractivity contribution is 0.124. The van der Waals surface area contributed by atoms with Crippen molar-refractivity contribution < 1.29 is 4.74 Å². The molecule has 0 spiro atoms. The Morgan fingerprint density at radius 1 is 0.929 bits per heavy atom. The lowest BCUT2D eigenvalue weighted by atomic mass is 9.89. The molecule has 3 aliphatic rings. The number of rotatable bonds is 5. The third-order valence-corrected chi connectivity index (χ3v) is 7.35. The van der Waals surface area contributed by atoms with Crippen molar-refractivity contribution in [2.75, 3.05) is 37.7 Å². The van der Waals surface area contributed by atoms with E-state index in [1.165, 1.54) is 24.1 Å². The summed E-state index contributed by atoms with van der Waals surface area (Å²) in [4.78, 5) is 5.36. The van der Waals surface area contributed by atoms with Gasteiger partial charge in [-0.3, -0.25) is 4.90 Å². The van der Waals surface area contributed by atoms with Crippen molar-refractivity contribution in [3.05, 3.63) is 60.2 Å². The molecular weight excluding hydrogens is 344 g/mol. The Bertz CT molecular complexity index is 800. The largest absolute Gasteiger partial charge is 0.494 e. The monoisotopic (exact) mass is 376 g/mol. The van der Waals surface area contributed by atoms with E-state index in [0.29, 0.717) is 0 Å². The van der Waals surface area contributed by atoms with Crippen molar-refractivity contribution >= 4 is 5.69 Å². The van der Waals surface area contributed by atoms with Crippen molar-refractivity contribution in [3.63, 3.8) is 0 Å². The molecule has 4 atom stereocenters. The second-order valence-corrected chi connectivity index (χ2v) is 8.89. The number of benzene rings is 2. The fraction of sp³-hybridized carbons (Fsp3) is 0.520. The molecule has 1 aliphatic heterocycles. The zero-order chi connectivity index (χ0) is 19.1. The first-order valence-corrected chi connectivity index (χ1v) is 11.0. The van der Waals surface area contributed by atoms with Crippen molar-refractivity contribution in [1.82, 2.24) is 4.90 Å². The van der Waals surface area contributed by atoms with Gasteiger partial charge in [-0.1, -0.05) is 37.3 Å². The number of nitrogens with zero attached hydrogens (tertiary/aromatic N) is 2. The summed E-state index contributed by atoms with van der Waals surface area (Å²) in [7, 11) is 0. The third kappa shape index (κ3) is 2.83. The van der Waals surface area contributed by atoms with E-state index in [2.05, 4.69) is 78.2 Å². The molecule has 5 rings (SSSR count). The predicted octanol–water partition coefficient (Wildman–Crippen LogP) is 4.78. The van der Waals surface area contributed by atoms with E-state index in [4.69, 9.17) is 4.74 Å². The summed E-state index contributed by atoms with van der Waals surface area (Å²) in [6, 6.07) is 19.9. The summed E-state index contributed by atoms with van der Waals surface area (Å²) in [6.45, 7) is 9.76. The van der Waals surface area contributed by atoms with Crippen LogP contribution < -0.4 is 9.64 Å². The number of piperazine rings is 1. The van der Waals surface area contributed by atoms with Gasteiger partial charge in [-0.2, -0.15) is 0 Å². The van der Waals surface area contributed by atoms with Crippen molar-refractivity contribution in [1.29, 1.82) is 0 Å². The van der Waals surface area contributed by atoms with Crippen molar-refractivity contribution in [3.8, 4) is 5.75 Å². The Kier molecular flexibility index (Phi) is 4.59. The van der Waals surface area contributed by atoms with Gasteiger partial charge in [0.15, 0.2) is 0 Å². The molecule has 148 valence electrons. The molecule has 2 aromatic rings. The van der Waals surface area contributed by atoms with Gasteiger partial charge in [-0.25, -0.2) is 0 Å². The Balaban J connectivity index is 1.40. The van der Waals surface area contributed by atoms with Gasteiger partial charge in [0.05, 0.1) is 12.1 Å². The maximum absolute atomic E-state index is 5.85. The molecule has 28 heavy (non-hydrogen) atoms. The molecule has 1 heterocycles. The molecule has 3 nitrogen and oxygen atoms in total. The molecule has 0 N–H and O–H groups in total. The maximum Gasteiger partial charge on any atom is 0.119 e. The van der Waals surface area contributed by atoms with Crippen LogP contribution in [0.3, 0.4) is 0 Å². The topological polar surface area (TPSA) is 15.7 Å². The van der Waals surface area contributed by atoms with E-state index in [0.717, 1.165) is 56.3 Å². The fourth-order valence-corrected chi connectivity index (χ4v) is 6.23. The minimum absolute atomic E-state index is 0.252. The van der Waals surface area contributed by atoms with Crippen LogP contribution in [0.1, 0.15) is 32.3 Å². The van der Waals surface area contributed by atoms with Crippen LogP contribution in [0.2, 0.25) is 0 Å². The Morgan fingerprint density at radius 2 is 1.64 bits per heavy atom. The Hall–Kier alpha value is -2.00. The summed E-state index contributed by atoms with van der Waals surface area (Å²) in [5, 5.41) is 0. The molecule has 0 radical (unpaired) electrons. The number of hydrogen-bond donors (Lipinski definition) is 0. The molecule has 0 amide bonds. The minimum Gasteiger partial charge on any atom is -0.494 e. The summed E-state index contributed by atoms with van der Waals surface area (Å²) in [5.74, 6) is 3.55. The highest BCUT2D eigenvalue weighted by molar-refractivity contribution is 5.47. The molecule has 3 heteroatoms. The molecule has 0 bridgehead atoms. The molecule has 2 aliphatic carbocycles. The average molecular weight is 377 g/mol. The quantitative estimate of drug-likeness (QED) is 0.747. The zero-order valence-electron chi connectivity index (χ0n) is 17.2. The SMILES string of the molecule is CCOc1cccc(C2(N3CCN(c4ccccc4)CC3)[C@@H]3CC(C)C[C@@H]32)c1. The highest BCUT2D eigenvalue weighted by Crippen LogP contribution is 2.70. The Labute approximate surface area is 169 Å². The van der Waals surface area contributed by atoms with Crippen LogP contribution in [0.5, 0.6) is 5.75 Å². The van der Waals surface area contributed by atoms with Crippen LogP contribution in [0.4, 0.5) is 5.69 Å². The first-order valence-electron chi connectivity index (χ1n) is 11.0. The average Bonchev–Trinajstić information content (AvgIpc) is 3.16. The normalized spacial score (nSPS) is 32.2. The van der Waals surface area contributed by atoms with Gasteiger partial charge in [-0.05, 0) is 67.3 Å². The molecule has 2 unspecified atom stereocenters.